The summed E-state index contributed by atoms with van der Waals surface area (Å²) >= 11 is 5.91. The average Bonchev–Trinajstić information content (AvgIpc) is 2.69. The van der Waals surface area contributed by atoms with Gasteiger partial charge in [0.05, 0.1) is 6.10 Å². The Morgan fingerprint density at radius 2 is 2.22 bits per heavy atom. The Morgan fingerprint density at radius 3 is 2.83 bits per heavy atom. The third-order valence-corrected chi connectivity index (χ3v) is 3.43. The van der Waals surface area contributed by atoms with Gasteiger partial charge in [0.15, 0.2) is 0 Å². The van der Waals surface area contributed by atoms with Gasteiger partial charge < -0.3 is 15.7 Å². The van der Waals surface area contributed by atoms with Crippen molar-refractivity contribution in [1.29, 1.82) is 0 Å². The van der Waals surface area contributed by atoms with E-state index >= 15 is 0 Å². The SMILES string of the molecule is Cl.OC1CNCC1CNCc1c(F)cccc1Cl. The van der Waals surface area contributed by atoms with Crippen molar-refractivity contribution >= 4 is 24.0 Å². The summed E-state index contributed by atoms with van der Waals surface area (Å²) in [5, 5.41) is 16.3. The summed E-state index contributed by atoms with van der Waals surface area (Å²) in [6.07, 6.45) is -0.321. The first-order valence-corrected chi connectivity index (χ1v) is 6.08. The molecule has 0 amide bonds. The fourth-order valence-electron chi connectivity index (χ4n) is 2.01. The zero-order chi connectivity index (χ0) is 12.3. The van der Waals surface area contributed by atoms with Crippen LogP contribution in [0.3, 0.4) is 0 Å². The highest BCUT2D eigenvalue weighted by atomic mass is 35.5. The van der Waals surface area contributed by atoms with Crippen molar-refractivity contribution in [3.63, 3.8) is 0 Å². The van der Waals surface area contributed by atoms with E-state index in [1.807, 2.05) is 0 Å². The molecule has 2 rings (SSSR count). The molecule has 2 atom stereocenters. The van der Waals surface area contributed by atoms with Crippen LogP contribution in [0.15, 0.2) is 18.2 Å². The van der Waals surface area contributed by atoms with Gasteiger partial charge in [0.25, 0.3) is 0 Å². The molecular weight excluding hydrogens is 278 g/mol. The summed E-state index contributed by atoms with van der Waals surface area (Å²) in [6, 6.07) is 4.66. The zero-order valence-corrected chi connectivity index (χ0v) is 11.4. The van der Waals surface area contributed by atoms with Crippen LogP contribution in [-0.4, -0.2) is 30.8 Å². The normalized spacial score (nSPS) is 22.8. The molecular formula is C12H17Cl2FN2O. The monoisotopic (exact) mass is 294 g/mol. The Balaban J connectivity index is 0.00000162. The van der Waals surface area contributed by atoms with Gasteiger partial charge in [0, 0.05) is 42.7 Å². The molecule has 18 heavy (non-hydrogen) atoms. The lowest BCUT2D eigenvalue weighted by Gasteiger charge is -2.14. The second-order valence-corrected chi connectivity index (χ2v) is 4.72. The molecule has 0 radical (unpaired) electrons. The first-order chi connectivity index (χ1) is 8.18. The van der Waals surface area contributed by atoms with E-state index in [0.29, 0.717) is 30.2 Å². The molecule has 1 aromatic carbocycles. The van der Waals surface area contributed by atoms with Crippen LogP contribution in [0.1, 0.15) is 5.56 Å². The number of rotatable bonds is 4. The first-order valence-electron chi connectivity index (χ1n) is 5.71. The van der Waals surface area contributed by atoms with E-state index in [4.69, 9.17) is 11.6 Å². The van der Waals surface area contributed by atoms with Crippen molar-refractivity contribution in [1.82, 2.24) is 10.6 Å². The fraction of sp³-hybridized carbons (Fsp3) is 0.500. The molecule has 0 spiro atoms. The van der Waals surface area contributed by atoms with Gasteiger partial charge in [-0.1, -0.05) is 17.7 Å². The summed E-state index contributed by atoms with van der Waals surface area (Å²) in [5.41, 5.74) is 0.481. The highest BCUT2D eigenvalue weighted by molar-refractivity contribution is 6.31. The third kappa shape index (κ3) is 3.80. The number of aliphatic hydroxyl groups is 1. The van der Waals surface area contributed by atoms with Crippen LogP contribution in [0.5, 0.6) is 0 Å². The van der Waals surface area contributed by atoms with Crippen LogP contribution in [0, 0.1) is 11.7 Å². The van der Waals surface area contributed by atoms with Crippen molar-refractivity contribution in [2.45, 2.75) is 12.6 Å². The number of β-amino-alcohol motifs (C(OH)–C–C–N with tert-alkyl or cyclic N) is 1. The molecule has 1 fully saturated rings. The molecule has 102 valence electrons. The van der Waals surface area contributed by atoms with Crippen molar-refractivity contribution < 1.29 is 9.50 Å². The quantitative estimate of drug-likeness (QED) is 0.790. The first kappa shape index (κ1) is 15.7. The maximum atomic E-state index is 13.4. The van der Waals surface area contributed by atoms with Gasteiger partial charge in [-0.2, -0.15) is 0 Å². The van der Waals surface area contributed by atoms with Crippen LogP contribution in [-0.2, 0) is 6.54 Å². The minimum absolute atomic E-state index is 0. The topological polar surface area (TPSA) is 44.3 Å². The number of hydrogen-bond acceptors (Lipinski definition) is 3. The smallest absolute Gasteiger partial charge is 0.129 e. The van der Waals surface area contributed by atoms with E-state index in [1.54, 1.807) is 12.1 Å². The minimum atomic E-state index is -0.321. The predicted molar refractivity (Wildman–Crippen MR) is 72.7 cm³/mol. The lowest BCUT2D eigenvalue weighted by atomic mass is 10.1. The summed E-state index contributed by atoms with van der Waals surface area (Å²) in [4.78, 5) is 0. The van der Waals surface area contributed by atoms with E-state index in [1.165, 1.54) is 6.07 Å². The molecule has 0 aromatic heterocycles. The second-order valence-electron chi connectivity index (χ2n) is 4.32. The molecule has 0 saturated carbocycles. The third-order valence-electron chi connectivity index (χ3n) is 3.07. The number of halogens is 3. The molecule has 1 heterocycles. The van der Waals surface area contributed by atoms with Crippen LogP contribution in [0.4, 0.5) is 4.39 Å². The van der Waals surface area contributed by atoms with Crippen LogP contribution >= 0.6 is 24.0 Å². The standard InChI is InChI=1S/C12H16ClFN2O.ClH/c13-10-2-1-3-11(14)9(10)6-15-4-8-5-16-7-12(8)17;/h1-3,8,12,15-17H,4-7H2;1H. The number of nitrogens with one attached hydrogen (secondary N) is 2. The minimum Gasteiger partial charge on any atom is -0.391 e. The predicted octanol–water partition coefficient (Wildman–Crippen LogP) is 1.57. The van der Waals surface area contributed by atoms with Crippen molar-refractivity contribution in [3.8, 4) is 0 Å². The maximum Gasteiger partial charge on any atom is 0.129 e. The van der Waals surface area contributed by atoms with E-state index in [-0.39, 0.29) is 30.2 Å². The summed E-state index contributed by atoms with van der Waals surface area (Å²) < 4.78 is 13.4. The molecule has 1 aliphatic rings. The highest BCUT2D eigenvalue weighted by Gasteiger charge is 2.24. The van der Waals surface area contributed by atoms with Gasteiger partial charge in [0.1, 0.15) is 5.82 Å². The summed E-state index contributed by atoms with van der Waals surface area (Å²) in [6.45, 7) is 2.46. The van der Waals surface area contributed by atoms with E-state index < -0.39 is 0 Å². The Morgan fingerprint density at radius 1 is 1.44 bits per heavy atom. The largest absolute Gasteiger partial charge is 0.391 e. The fourth-order valence-corrected chi connectivity index (χ4v) is 2.24. The van der Waals surface area contributed by atoms with Crippen LogP contribution in [0.25, 0.3) is 0 Å². The molecule has 2 unspecified atom stereocenters. The van der Waals surface area contributed by atoms with Gasteiger partial charge in [-0.3, -0.25) is 0 Å². The lowest BCUT2D eigenvalue weighted by molar-refractivity contribution is 0.146. The van der Waals surface area contributed by atoms with Crippen molar-refractivity contribution in [2.24, 2.45) is 5.92 Å². The Bertz CT molecular complexity index is 372. The van der Waals surface area contributed by atoms with Crippen molar-refractivity contribution in [3.05, 3.63) is 34.6 Å². The summed E-state index contributed by atoms with van der Waals surface area (Å²) in [7, 11) is 0. The molecule has 0 aliphatic carbocycles. The highest BCUT2D eigenvalue weighted by Crippen LogP contribution is 2.18. The Labute approximate surface area is 117 Å². The number of hydrogen-bond donors (Lipinski definition) is 3. The zero-order valence-electron chi connectivity index (χ0n) is 9.83. The lowest BCUT2D eigenvalue weighted by Crippen LogP contribution is -2.30. The van der Waals surface area contributed by atoms with Gasteiger partial charge in [0.2, 0.25) is 0 Å². The van der Waals surface area contributed by atoms with E-state index in [9.17, 15) is 9.50 Å². The van der Waals surface area contributed by atoms with Crippen LogP contribution < -0.4 is 10.6 Å². The number of aliphatic hydroxyl groups excluding tert-OH is 1. The molecule has 6 heteroatoms. The maximum absolute atomic E-state index is 13.4. The average molecular weight is 295 g/mol. The molecule has 0 bridgehead atoms. The van der Waals surface area contributed by atoms with E-state index in [2.05, 4.69) is 10.6 Å². The van der Waals surface area contributed by atoms with Gasteiger partial charge >= 0.3 is 0 Å². The molecule has 1 saturated heterocycles. The molecule has 1 aromatic rings. The van der Waals surface area contributed by atoms with Gasteiger partial charge in [-0.05, 0) is 12.1 Å². The van der Waals surface area contributed by atoms with Gasteiger partial charge in [-0.25, -0.2) is 4.39 Å². The Hall–Kier alpha value is -0.390. The number of benzene rings is 1. The van der Waals surface area contributed by atoms with Crippen molar-refractivity contribution in [2.75, 3.05) is 19.6 Å². The molecule has 3 nitrogen and oxygen atoms in total. The van der Waals surface area contributed by atoms with Crippen LogP contribution in [0.2, 0.25) is 5.02 Å². The Kier molecular flexibility index (Phi) is 6.32. The summed E-state index contributed by atoms with van der Waals surface area (Å²) in [5.74, 6) is -0.115. The van der Waals surface area contributed by atoms with E-state index in [0.717, 1.165) is 6.54 Å². The molecule has 3 N–H and O–H groups in total. The second kappa shape index (κ2) is 7.26. The molecule has 1 aliphatic heterocycles. The van der Waals surface area contributed by atoms with Gasteiger partial charge in [-0.15, -0.1) is 12.4 Å².